The van der Waals surface area contributed by atoms with Crippen LogP contribution >= 0.6 is 0 Å². The minimum absolute atomic E-state index is 0.00844. The van der Waals surface area contributed by atoms with E-state index >= 15 is 0 Å². The Hall–Kier alpha value is -3.48. The van der Waals surface area contributed by atoms with Gasteiger partial charge in [-0.2, -0.15) is 0 Å². The average Bonchev–Trinajstić information content (AvgIpc) is 3.18. The van der Waals surface area contributed by atoms with E-state index in [-0.39, 0.29) is 31.2 Å². The number of rotatable bonds is 9. The molecule has 4 rings (SSSR count). The molecule has 0 aliphatic carbocycles. The van der Waals surface area contributed by atoms with Gasteiger partial charge in [-0.05, 0) is 59.7 Å². The summed E-state index contributed by atoms with van der Waals surface area (Å²) in [5.74, 6) is -0.643. The van der Waals surface area contributed by atoms with Gasteiger partial charge in [0.05, 0.1) is 36.4 Å². The second-order valence-electron chi connectivity index (χ2n) is 9.28. The molecule has 5 nitrogen and oxygen atoms in total. The zero-order valence-corrected chi connectivity index (χ0v) is 20.8. The topological polar surface area (TPSA) is 71.2 Å². The highest BCUT2D eigenvalue weighted by Gasteiger charge is 2.22. The first kappa shape index (κ1) is 25.6. The maximum absolute atomic E-state index is 13.8. The first-order chi connectivity index (χ1) is 17.3. The van der Waals surface area contributed by atoms with Crippen LogP contribution in [-0.2, 0) is 9.53 Å². The zero-order chi connectivity index (χ0) is 25.8. The standard InChI is InChI=1S/C30H32FNO4/c1-4-36-27(35)18-24(34)17-23(33)13-14-26-28(19(2)3)30-25-8-6-5-7-20(25)15-16-32(30)29(26)21-9-11-22(31)12-10-21/h5-16,19,23-24,33-34H,4,17-18H2,1-3H3/b14-13+. The molecule has 2 aromatic heterocycles. The molecule has 2 aromatic carbocycles. The van der Waals surface area contributed by atoms with Crippen LogP contribution < -0.4 is 0 Å². The normalized spacial score (nSPS) is 13.6. The highest BCUT2D eigenvalue weighted by Crippen LogP contribution is 2.40. The van der Waals surface area contributed by atoms with Crippen molar-refractivity contribution in [3.63, 3.8) is 0 Å². The van der Waals surface area contributed by atoms with Gasteiger partial charge in [-0.1, -0.05) is 50.3 Å². The number of carbonyl (C=O) groups excluding carboxylic acids is 1. The van der Waals surface area contributed by atoms with E-state index in [2.05, 4.69) is 36.4 Å². The number of esters is 1. The molecule has 0 aliphatic heterocycles. The largest absolute Gasteiger partial charge is 0.466 e. The van der Waals surface area contributed by atoms with Crippen molar-refractivity contribution in [2.75, 3.05) is 6.61 Å². The summed E-state index contributed by atoms with van der Waals surface area (Å²) in [4.78, 5) is 11.7. The van der Waals surface area contributed by atoms with Crippen molar-refractivity contribution in [3.05, 3.63) is 83.8 Å². The molecule has 0 radical (unpaired) electrons. The third-order valence-corrected chi connectivity index (χ3v) is 6.30. The van der Waals surface area contributed by atoms with Gasteiger partial charge in [0.2, 0.25) is 0 Å². The summed E-state index contributed by atoms with van der Waals surface area (Å²) < 4.78 is 20.8. The Balaban J connectivity index is 1.82. The summed E-state index contributed by atoms with van der Waals surface area (Å²) >= 11 is 0. The zero-order valence-electron chi connectivity index (χ0n) is 20.8. The second kappa shape index (κ2) is 11.1. The van der Waals surface area contributed by atoms with E-state index < -0.39 is 18.2 Å². The molecule has 0 bridgehead atoms. The summed E-state index contributed by atoms with van der Waals surface area (Å²) in [6.45, 7) is 6.21. The monoisotopic (exact) mass is 489 g/mol. The van der Waals surface area contributed by atoms with Crippen LogP contribution in [-0.4, -0.2) is 39.4 Å². The Morgan fingerprint density at radius 1 is 1.08 bits per heavy atom. The summed E-state index contributed by atoms with van der Waals surface area (Å²) in [5, 5.41) is 23.1. The van der Waals surface area contributed by atoms with E-state index in [4.69, 9.17) is 4.74 Å². The van der Waals surface area contributed by atoms with Gasteiger partial charge in [0.15, 0.2) is 0 Å². The number of fused-ring (bicyclic) bond motifs is 3. The number of benzene rings is 2. The molecule has 2 heterocycles. The van der Waals surface area contributed by atoms with Crippen molar-refractivity contribution in [2.24, 2.45) is 0 Å². The Morgan fingerprint density at radius 3 is 2.50 bits per heavy atom. The number of nitrogens with zero attached hydrogens (tertiary/aromatic N) is 1. The van der Waals surface area contributed by atoms with Crippen LogP contribution in [0.4, 0.5) is 4.39 Å². The number of hydrogen-bond acceptors (Lipinski definition) is 4. The molecule has 0 spiro atoms. The molecule has 0 amide bonds. The number of ether oxygens (including phenoxy) is 1. The fourth-order valence-electron chi connectivity index (χ4n) is 4.78. The van der Waals surface area contributed by atoms with Gasteiger partial charge in [0.1, 0.15) is 5.82 Å². The quantitative estimate of drug-likeness (QED) is 0.279. The van der Waals surface area contributed by atoms with Gasteiger partial charge in [-0.3, -0.25) is 4.79 Å². The smallest absolute Gasteiger partial charge is 0.308 e. The fraction of sp³-hybridized carbons (Fsp3) is 0.300. The predicted octanol–water partition coefficient (Wildman–Crippen LogP) is 6.10. The maximum Gasteiger partial charge on any atom is 0.308 e. The van der Waals surface area contributed by atoms with Crippen LogP contribution in [0.15, 0.2) is 66.9 Å². The molecule has 0 saturated carbocycles. The Labute approximate surface area is 210 Å². The Morgan fingerprint density at radius 2 is 1.81 bits per heavy atom. The molecule has 36 heavy (non-hydrogen) atoms. The number of hydrogen-bond donors (Lipinski definition) is 2. The lowest BCUT2D eigenvalue weighted by Gasteiger charge is -2.13. The molecule has 0 fully saturated rings. The summed E-state index contributed by atoms with van der Waals surface area (Å²) in [5.41, 5.74) is 4.85. The average molecular weight is 490 g/mol. The lowest BCUT2D eigenvalue weighted by Crippen LogP contribution is -2.20. The molecule has 188 valence electrons. The van der Waals surface area contributed by atoms with Crippen molar-refractivity contribution < 1.29 is 24.1 Å². The molecule has 6 heteroatoms. The molecular weight excluding hydrogens is 457 g/mol. The van der Waals surface area contributed by atoms with Crippen molar-refractivity contribution in [2.45, 2.75) is 51.7 Å². The van der Waals surface area contributed by atoms with Crippen LogP contribution in [0.1, 0.15) is 50.7 Å². The van der Waals surface area contributed by atoms with E-state index in [1.807, 2.05) is 24.4 Å². The lowest BCUT2D eigenvalue weighted by molar-refractivity contribution is -0.145. The number of carbonyl (C=O) groups is 1. The molecule has 4 aromatic rings. The van der Waals surface area contributed by atoms with Gasteiger partial charge in [0, 0.05) is 23.6 Å². The van der Waals surface area contributed by atoms with E-state index in [1.165, 1.54) is 12.1 Å². The Bertz CT molecular complexity index is 1390. The fourth-order valence-corrected chi connectivity index (χ4v) is 4.78. The van der Waals surface area contributed by atoms with Gasteiger partial charge in [0.25, 0.3) is 0 Å². The molecule has 2 atom stereocenters. The summed E-state index contributed by atoms with van der Waals surface area (Å²) in [7, 11) is 0. The number of aromatic nitrogens is 1. The molecule has 0 aliphatic rings. The highest BCUT2D eigenvalue weighted by molar-refractivity contribution is 6.01. The first-order valence-corrected chi connectivity index (χ1v) is 12.3. The lowest BCUT2D eigenvalue weighted by atomic mass is 9.94. The molecule has 2 unspecified atom stereocenters. The maximum atomic E-state index is 13.8. The molecule has 2 N–H and O–H groups in total. The van der Waals surface area contributed by atoms with Crippen LogP contribution in [0.25, 0.3) is 33.6 Å². The summed E-state index contributed by atoms with van der Waals surface area (Å²) in [6.07, 6.45) is 3.41. The molecular formula is C30H32FNO4. The van der Waals surface area contributed by atoms with Crippen molar-refractivity contribution in [1.29, 1.82) is 0 Å². The minimum Gasteiger partial charge on any atom is -0.466 e. The number of aliphatic hydroxyl groups excluding tert-OH is 2. The van der Waals surface area contributed by atoms with Gasteiger partial charge in [-0.15, -0.1) is 0 Å². The van der Waals surface area contributed by atoms with Gasteiger partial charge >= 0.3 is 5.97 Å². The molecule has 0 saturated heterocycles. The van der Waals surface area contributed by atoms with Crippen LogP contribution in [0.2, 0.25) is 0 Å². The highest BCUT2D eigenvalue weighted by atomic mass is 19.1. The number of aliphatic hydroxyl groups is 2. The van der Waals surface area contributed by atoms with Crippen molar-refractivity contribution in [3.8, 4) is 11.3 Å². The third kappa shape index (κ3) is 5.35. The van der Waals surface area contributed by atoms with Crippen LogP contribution in [0, 0.1) is 5.82 Å². The number of halogens is 1. The Kier molecular flexibility index (Phi) is 7.87. The van der Waals surface area contributed by atoms with Crippen LogP contribution in [0.5, 0.6) is 0 Å². The van der Waals surface area contributed by atoms with Crippen molar-refractivity contribution >= 4 is 28.3 Å². The van der Waals surface area contributed by atoms with Crippen LogP contribution in [0.3, 0.4) is 0 Å². The van der Waals surface area contributed by atoms with E-state index in [0.29, 0.717) is 0 Å². The summed E-state index contributed by atoms with van der Waals surface area (Å²) in [6, 6.07) is 16.7. The second-order valence-corrected chi connectivity index (χ2v) is 9.28. The SMILES string of the molecule is CCOC(=O)CC(O)CC(O)/C=C/c1c(C(C)C)c2c3ccccc3ccn2c1-c1ccc(F)cc1. The minimum atomic E-state index is -1.01. The first-order valence-electron chi connectivity index (χ1n) is 12.3. The van der Waals surface area contributed by atoms with E-state index in [1.54, 1.807) is 25.1 Å². The third-order valence-electron chi connectivity index (χ3n) is 6.30. The number of pyridine rings is 1. The van der Waals surface area contributed by atoms with E-state index in [0.717, 1.165) is 38.7 Å². The van der Waals surface area contributed by atoms with Crippen molar-refractivity contribution in [1.82, 2.24) is 4.40 Å². The van der Waals surface area contributed by atoms with Gasteiger partial charge in [-0.25, -0.2) is 4.39 Å². The van der Waals surface area contributed by atoms with E-state index in [9.17, 15) is 19.4 Å². The predicted molar refractivity (Wildman–Crippen MR) is 141 cm³/mol. The van der Waals surface area contributed by atoms with Gasteiger partial charge < -0.3 is 19.4 Å².